The van der Waals surface area contributed by atoms with Crippen LogP contribution in [0.1, 0.15) is 51.7 Å². The van der Waals surface area contributed by atoms with Crippen LogP contribution in [0.5, 0.6) is 0 Å². The number of aliphatic hydroxyl groups is 1. The highest BCUT2D eigenvalue weighted by molar-refractivity contribution is 5.81. The predicted octanol–water partition coefficient (Wildman–Crippen LogP) is 1.71. The van der Waals surface area contributed by atoms with E-state index in [2.05, 4.69) is 27.8 Å². The van der Waals surface area contributed by atoms with Crippen LogP contribution in [-0.2, 0) is 14.3 Å². The Morgan fingerprint density at radius 1 is 1.52 bits per heavy atom. The van der Waals surface area contributed by atoms with Crippen LogP contribution in [0.3, 0.4) is 0 Å². The molecule has 9 nitrogen and oxygen atoms in total. The van der Waals surface area contributed by atoms with Crippen LogP contribution in [0, 0.1) is 18.4 Å². The summed E-state index contributed by atoms with van der Waals surface area (Å²) in [4.78, 5) is 23.2. The van der Waals surface area contributed by atoms with Gasteiger partial charge in [0.1, 0.15) is 18.9 Å². The van der Waals surface area contributed by atoms with Gasteiger partial charge in [-0.25, -0.2) is 4.98 Å². The number of halogens is 1. The lowest BCUT2D eigenvalue weighted by molar-refractivity contribution is -0.156. The fourth-order valence-corrected chi connectivity index (χ4v) is 3.30. The molecular weight excluding hydrogens is 381 g/mol. The van der Waals surface area contributed by atoms with Crippen molar-refractivity contribution in [3.05, 3.63) is 12.4 Å². The lowest BCUT2D eigenvalue weighted by atomic mass is 9.99. The summed E-state index contributed by atoms with van der Waals surface area (Å²) in [5.74, 6) is 1.90. The number of ether oxygens (including phenoxy) is 2. The first-order valence-corrected chi connectivity index (χ1v) is 9.55. The van der Waals surface area contributed by atoms with E-state index in [0.717, 1.165) is 25.7 Å². The first kappa shape index (κ1) is 21.0. The highest BCUT2D eigenvalue weighted by Gasteiger charge is 2.49. The van der Waals surface area contributed by atoms with Gasteiger partial charge in [-0.3, -0.25) is 9.36 Å². The topological polar surface area (TPSA) is 125 Å². The van der Waals surface area contributed by atoms with E-state index in [0.29, 0.717) is 0 Å². The largest absolute Gasteiger partial charge is 0.461 e. The van der Waals surface area contributed by atoms with Crippen molar-refractivity contribution in [1.29, 1.82) is 0 Å². The number of nitrogen functional groups attached to an aromatic ring is 1. The van der Waals surface area contributed by atoms with E-state index in [-0.39, 0.29) is 36.4 Å². The first-order chi connectivity index (χ1) is 13.9. The van der Waals surface area contributed by atoms with Crippen LogP contribution in [0.15, 0.2) is 6.33 Å². The van der Waals surface area contributed by atoms with Crippen molar-refractivity contribution in [2.45, 2.75) is 63.4 Å². The van der Waals surface area contributed by atoms with E-state index in [1.165, 1.54) is 10.9 Å². The minimum absolute atomic E-state index is 0.0786. The van der Waals surface area contributed by atoms with Gasteiger partial charge in [0.15, 0.2) is 22.6 Å². The number of rotatable bonds is 8. The number of nitrogens with zero attached hydrogens (tertiary/aromatic N) is 4. The number of terminal acetylenes is 1. The van der Waals surface area contributed by atoms with Gasteiger partial charge in [0.05, 0.1) is 6.33 Å². The summed E-state index contributed by atoms with van der Waals surface area (Å²) in [5, 5.41) is 10.5. The van der Waals surface area contributed by atoms with Gasteiger partial charge < -0.3 is 20.3 Å². The SMILES string of the molecule is C#C[C@]1(COC(=O)CCCCCC)OC(n2cnc3c(N)nc(F)nc32)C[C@@H]1O. The summed E-state index contributed by atoms with van der Waals surface area (Å²) in [6.07, 6.45) is 8.23. The Balaban J connectivity index is 1.70. The third-order valence-corrected chi connectivity index (χ3v) is 4.97. The Labute approximate surface area is 167 Å². The average molecular weight is 405 g/mol. The molecule has 0 aromatic carbocycles. The molecule has 0 spiro atoms. The maximum Gasteiger partial charge on any atom is 0.312 e. The number of nitrogens with two attached hydrogens (primary N) is 1. The number of esters is 1. The van der Waals surface area contributed by atoms with E-state index in [4.69, 9.17) is 21.6 Å². The fourth-order valence-electron chi connectivity index (χ4n) is 3.30. The number of carbonyl (C=O) groups is 1. The standard InChI is InChI=1S/C19H24FN5O4/c1-3-5-6-7-8-14(27)28-10-19(4-2)12(26)9-13(29-19)25-11-22-15-16(21)23-18(20)24-17(15)25/h2,11-13,26H,3,5-10H2,1H3,(H2,21,23,24)/t12-,13?,19+/m0/s1. The molecule has 0 radical (unpaired) electrons. The van der Waals surface area contributed by atoms with Gasteiger partial charge in [-0.15, -0.1) is 6.42 Å². The van der Waals surface area contributed by atoms with Crippen molar-refractivity contribution in [3.63, 3.8) is 0 Å². The van der Waals surface area contributed by atoms with Gasteiger partial charge in [-0.05, 0) is 6.42 Å². The second kappa shape index (κ2) is 8.71. The molecule has 156 valence electrons. The van der Waals surface area contributed by atoms with Gasteiger partial charge in [0.2, 0.25) is 0 Å². The number of unbranched alkanes of at least 4 members (excludes halogenated alkanes) is 3. The Bertz CT molecular complexity index is 927. The minimum Gasteiger partial charge on any atom is -0.461 e. The zero-order valence-electron chi connectivity index (χ0n) is 16.2. The number of hydrogen-bond acceptors (Lipinski definition) is 8. The molecular formula is C19H24FN5O4. The molecule has 29 heavy (non-hydrogen) atoms. The van der Waals surface area contributed by atoms with Gasteiger partial charge in [0, 0.05) is 12.8 Å². The Kier molecular flexibility index (Phi) is 6.30. The van der Waals surface area contributed by atoms with Crippen LogP contribution in [0.4, 0.5) is 10.2 Å². The molecule has 0 aliphatic carbocycles. The van der Waals surface area contributed by atoms with Crippen LogP contribution >= 0.6 is 0 Å². The van der Waals surface area contributed by atoms with E-state index >= 15 is 0 Å². The molecule has 1 saturated heterocycles. The number of fused-ring (bicyclic) bond motifs is 1. The van der Waals surface area contributed by atoms with Crippen LogP contribution in [-0.4, -0.2) is 48.9 Å². The van der Waals surface area contributed by atoms with E-state index < -0.39 is 30.0 Å². The second-order valence-corrected chi connectivity index (χ2v) is 7.03. The highest BCUT2D eigenvalue weighted by Crippen LogP contribution is 2.38. The number of aliphatic hydroxyl groups excluding tert-OH is 1. The predicted molar refractivity (Wildman–Crippen MR) is 102 cm³/mol. The van der Waals surface area contributed by atoms with Crippen molar-refractivity contribution in [3.8, 4) is 12.3 Å². The van der Waals surface area contributed by atoms with Gasteiger partial charge in [-0.2, -0.15) is 14.4 Å². The van der Waals surface area contributed by atoms with E-state index in [9.17, 15) is 14.3 Å². The molecule has 0 saturated carbocycles. The Morgan fingerprint density at radius 2 is 2.31 bits per heavy atom. The zero-order valence-corrected chi connectivity index (χ0v) is 16.2. The smallest absolute Gasteiger partial charge is 0.312 e. The summed E-state index contributed by atoms with van der Waals surface area (Å²) in [7, 11) is 0. The number of anilines is 1. The molecule has 1 aliphatic heterocycles. The molecule has 3 heterocycles. The molecule has 0 amide bonds. The van der Waals surface area contributed by atoms with Crippen molar-refractivity contribution in [2.75, 3.05) is 12.3 Å². The lowest BCUT2D eigenvalue weighted by Gasteiger charge is -2.26. The molecule has 1 aliphatic rings. The van der Waals surface area contributed by atoms with Crippen molar-refractivity contribution in [1.82, 2.24) is 19.5 Å². The lowest BCUT2D eigenvalue weighted by Crippen LogP contribution is -2.43. The average Bonchev–Trinajstić information content (AvgIpc) is 3.25. The van der Waals surface area contributed by atoms with Gasteiger partial charge in [0.25, 0.3) is 0 Å². The van der Waals surface area contributed by atoms with Crippen molar-refractivity contribution in [2.24, 2.45) is 0 Å². The highest BCUT2D eigenvalue weighted by atomic mass is 19.1. The molecule has 3 atom stereocenters. The number of aromatic nitrogens is 4. The molecule has 3 N–H and O–H groups in total. The second-order valence-electron chi connectivity index (χ2n) is 7.03. The van der Waals surface area contributed by atoms with E-state index in [1.54, 1.807) is 0 Å². The van der Waals surface area contributed by atoms with Crippen LogP contribution in [0.2, 0.25) is 0 Å². The van der Waals surface area contributed by atoms with Crippen molar-refractivity contribution >= 4 is 23.0 Å². The monoisotopic (exact) mass is 405 g/mol. The quantitative estimate of drug-likeness (QED) is 0.294. The van der Waals surface area contributed by atoms with Crippen LogP contribution < -0.4 is 5.73 Å². The normalized spacial score (nSPS) is 23.9. The van der Waals surface area contributed by atoms with Gasteiger partial charge in [-0.1, -0.05) is 32.1 Å². The first-order valence-electron chi connectivity index (χ1n) is 9.55. The molecule has 1 unspecified atom stereocenters. The molecule has 3 rings (SSSR count). The molecule has 0 bridgehead atoms. The van der Waals surface area contributed by atoms with Crippen LogP contribution in [0.25, 0.3) is 11.2 Å². The Hall–Kier alpha value is -2.77. The molecule has 1 fully saturated rings. The summed E-state index contributed by atoms with van der Waals surface area (Å²) in [5.41, 5.74) is 4.48. The maximum absolute atomic E-state index is 13.6. The number of imidazole rings is 1. The van der Waals surface area contributed by atoms with E-state index in [1.807, 2.05) is 0 Å². The molecule has 2 aromatic heterocycles. The third kappa shape index (κ3) is 4.31. The summed E-state index contributed by atoms with van der Waals surface area (Å²) < 4.78 is 26.1. The Morgan fingerprint density at radius 3 is 3.03 bits per heavy atom. The minimum atomic E-state index is -1.52. The summed E-state index contributed by atoms with van der Waals surface area (Å²) in [6.45, 7) is 1.80. The maximum atomic E-state index is 13.6. The third-order valence-electron chi connectivity index (χ3n) is 4.97. The molecule has 10 heteroatoms. The zero-order chi connectivity index (χ0) is 21.0. The molecule has 2 aromatic rings. The van der Waals surface area contributed by atoms with Gasteiger partial charge >= 0.3 is 12.0 Å². The fraction of sp³-hybridized carbons (Fsp3) is 0.579. The van der Waals surface area contributed by atoms with Crippen molar-refractivity contribution < 1.29 is 23.8 Å². The number of hydrogen-bond donors (Lipinski definition) is 2. The summed E-state index contributed by atoms with van der Waals surface area (Å²) in [6, 6.07) is 0. The summed E-state index contributed by atoms with van der Waals surface area (Å²) >= 11 is 0. The number of carbonyl (C=O) groups excluding carboxylic acids is 1.